The Hall–Kier alpha value is -3.72. The highest BCUT2D eigenvalue weighted by molar-refractivity contribution is 6.02. The third kappa shape index (κ3) is 3.32. The van der Waals surface area contributed by atoms with Crippen LogP contribution in [0.15, 0.2) is 53.5 Å². The number of nitrogens with zero attached hydrogens (tertiary/aromatic N) is 2. The number of anilines is 1. The van der Waals surface area contributed by atoms with Gasteiger partial charge in [0.05, 0.1) is 5.39 Å². The van der Waals surface area contributed by atoms with E-state index >= 15 is 0 Å². The standard InChI is InChI=1S/C22H19F2N5O2/c23-16-2-1-3-17(24)20(16)31-14-6-4-12(5-7-14)15-11-29(13-8-9-26-10-13)19-18(15)21(25)27-28-22(19)30/h1-7,11,13,26H,8-10H2,(H2,25,27)(H,28,30)/t13-/m1/s1. The van der Waals surface area contributed by atoms with Crippen LogP contribution in [-0.2, 0) is 0 Å². The van der Waals surface area contributed by atoms with E-state index < -0.39 is 17.4 Å². The summed E-state index contributed by atoms with van der Waals surface area (Å²) in [6.07, 6.45) is 2.80. The Bertz CT molecular complexity index is 1300. The number of halogens is 2. The van der Waals surface area contributed by atoms with E-state index in [-0.39, 0.29) is 23.2 Å². The highest BCUT2D eigenvalue weighted by Crippen LogP contribution is 2.36. The quantitative estimate of drug-likeness (QED) is 0.466. The second kappa shape index (κ2) is 7.51. The maximum Gasteiger partial charge on any atom is 0.288 e. The number of nitrogens with two attached hydrogens (primary N) is 1. The molecule has 1 aliphatic rings. The summed E-state index contributed by atoms with van der Waals surface area (Å²) in [4.78, 5) is 12.6. The smallest absolute Gasteiger partial charge is 0.288 e. The molecule has 1 atom stereocenters. The lowest BCUT2D eigenvalue weighted by atomic mass is 10.1. The molecule has 158 valence electrons. The van der Waals surface area contributed by atoms with Crippen molar-refractivity contribution < 1.29 is 13.5 Å². The average molecular weight is 423 g/mol. The predicted octanol–water partition coefficient (Wildman–Crippen LogP) is 3.58. The van der Waals surface area contributed by atoms with E-state index in [4.69, 9.17) is 10.5 Å². The van der Waals surface area contributed by atoms with Gasteiger partial charge in [-0.15, -0.1) is 0 Å². The predicted molar refractivity (Wildman–Crippen MR) is 113 cm³/mol. The molecule has 9 heteroatoms. The molecule has 4 aromatic rings. The second-order valence-corrected chi connectivity index (χ2v) is 7.44. The van der Waals surface area contributed by atoms with Crippen LogP contribution in [0.5, 0.6) is 11.5 Å². The van der Waals surface area contributed by atoms with Crippen molar-refractivity contribution in [3.8, 4) is 22.6 Å². The van der Waals surface area contributed by atoms with Gasteiger partial charge in [-0.2, -0.15) is 5.10 Å². The number of rotatable bonds is 4. The highest BCUT2D eigenvalue weighted by atomic mass is 19.1. The molecule has 7 nitrogen and oxygen atoms in total. The molecule has 0 bridgehead atoms. The number of aromatic nitrogens is 3. The minimum Gasteiger partial charge on any atom is -0.451 e. The van der Waals surface area contributed by atoms with E-state index in [1.54, 1.807) is 24.3 Å². The van der Waals surface area contributed by atoms with Crippen LogP contribution in [0.3, 0.4) is 0 Å². The molecule has 2 aromatic heterocycles. The summed E-state index contributed by atoms with van der Waals surface area (Å²) >= 11 is 0. The number of fused-ring (bicyclic) bond motifs is 1. The molecular weight excluding hydrogens is 404 g/mol. The van der Waals surface area contributed by atoms with E-state index in [0.29, 0.717) is 10.9 Å². The molecule has 0 saturated carbocycles. The summed E-state index contributed by atoms with van der Waals surface area (Å²) in [5.74, 6) is -1.52. The Morgan fingerprint density at radius 2 is 1.87 bits per heavy atom. The van der Waals surface area contributed by atoms with Gasteiger partial charge >= 0.3 is 0 Å². The third-order valence-electron chi connectivity index (χ3n) is 5.51. The topological polar surface area (TPSA) is 98.0 Å². The Labute approximate surface area is 175 Å². The van der Waals surface area contributed by atoms with Gasteiger partial charge in [0.15, 0.2) is 23.2 Å². The Balaban J connectivity index is 1.57. The summed E-state index contributed by atoms with van der Waals surface area (Å²) in [6.45, 7) is 1.63. The molecule has 1 saturated heterocycles. The van der Waals surface area contributed by atoms with Gasteiger partial charge in [-0.3, -0.25) is 4.79 Å². The zero-order valence-electron chi connectivity index (χ0n) is 16.4. The van der Waals surface area contributed by atoms with Gasteiger partial charge < -0.3 is 20.4 Å². The van der Waals surface area contributed by atoms with Gasteiger partial charge in [-0.05, 0) is 42.8 Å². The molecule has 0 unspecified atom stereocenters. The van der Waals surface area contributed by atoms with Crippen molar-refractivity contribution in [3.05, 3.63) is 70.6 Å². The normalized spacial score (nSPS) is 16.1. The number of para-hydroxylation sites is 1. The van der Waals surface area contributed by atoms with Crippen LogP contribution in [0.25, 0.3) is 22.0 Å². The Kier molecular flexibility index (Phi) is 4.67. The summed E-state index contributed by atoms with van der Waals surface area (Å²) in [5, 5.41) is 10.3. The monoisotopic (exact) mass is 423 g/mol. The number of hydrogen-bond acceptors (Lipinski definition) is 5. The largest absolute Gasteiger partial charge is 0.451 e. The number of nitrogen functional groups attached to an aromatic ring is 1. The molecule has 4 N–H and O–H groups in total. The SMILES string of the molecule is Nc1n[nH]c(=O)c2c1c(-c1ccc(Oc3c(F)cccc3F)cc1)cn2[C@@H]1CCNC1. The minimum absolute atomic E-state index is 0.130. The molecule has 1 aliphatic heterocycles. The van der Waals surface area contributed by atoms with Crippen molar-refractivity contribution in [2.45, 2.75) is 12.5 Å². The minimum atomic E-state index is -0.782. The van der Waals surface area contributed by atoms with E-state index in [9.17, 15) is 13.6 Å². The summed E-state index contributed by atoms with van der Waals surface area (Å²) in [7, 11) is 0. The molecular formula is C22H19F2N5O2. The van der Waals surface area contributed by atoms with Gasteiger partial charge in [0, 0.05) is 24.3 Å². The lowest BCUT2D eigenvalue weighted by molar-refractivity contribution is 0.407. The van der Waals surface area contributed by atoms with Gasteiger partial charge in [0.1, 0.15) is 11.3 Å². The first-order chi connectivity index (χ1) is 15.0. The fourth-order valence-corrected chi connectivity index (χ4v) is 4.02. The Morgan fingerprint density at radius 1 is 1.13 bits per heavy atom. The lowest BCUT2D eigenvalue weighted by Gasteiger charge is -2.11. The molecule has 1 fully saturated rings. The van der Waals surface area contributed by atoms with Gasteiger partial charge in [-0.25, -0.2) is 13.9 Å². The van der Waals surface area contributed by atoms with Crippen LogP contribution >= 0.6 is 0 Å². The van der Waals surface area contributed by atoms with Crippen molar-refractivity contribution >= 4 is 16.7 Å². The second-order valence-electron chi connectivity index (χ2n) is 7.44. The zero-order valence-corrected chi connectivity index (χ0v) is 16.4. The number of ether oxygens (including phenoxy) is 1. The van der Waals surface area contributed by atoms with Gasteiger partial charge in [0.25, 0.3) is 5.56 Å². The maximum atomic E-state index is 13.9. The van der Waals surface area contributed by atoms with E-state index in [1.807, 2.05) is 10.8 Å². The molecule has 0 radical (unpaired) electrons. The number of nitrogens with one attached hydrogen (secondary N) is 2. The van der Waals surface area contributed by atoms with Crippen LogP contribution in [0, 0.1) is 11.6 Å². The molecule has 31 heavy (non-hydrogen) atoms. The van der Waals surface area contributed by atoms with E-state index in [1.165, 1.54) is 6.07 Å². The van der Waals surface area contributed by atoms with Crippen LogP contribution in [0.2, 0.25) is 0 Å². The van der Waals surface area contributed by atoms with Crippen molar-refractivity contribution in [3.63, 3.8) is 0 Å². The fraction of sp³-hybridized carbons (Fsp3) is 0.182. The summed E-state index contributed by atoms with van der Waals surface area (Å²) in [5.41, 5.74) is 7.82. The first kappa shape index (κ1) is 19.3. The molecule has 0 amide bonds. The van der Waals surface area contributed by atoms with Crippen molar-refractivity contribution in [2.24, 2.45) is 0 Å². The molecule has 2 aromatic carbocycles. The number of hydrogen-bond donors (Lipinski definition) is 3. The van der Waals surface area contributed by atoms with Gasteiger partial charge in [0.2, 0.25) is 0 Å². The third-order valence-corrected chi connectivity index (χ3v) is 5.51. The molecule has 5 rings (SSSR count). The van der Waals surface area contributed by atoms with Crippen molar-refractivity contribution in [2.75, 3.05) is 18.8 Å². The molecule has 0 aliphatic carbocycles. The number of H-pyrrole nitrogens is 1. The number of aromatic amines is 1. The van der Waals surface area contributed by atoms with Crippen molar-refractivity contribution in [1.82, 2.24) is 20.1 Å². The van der Waals surface area contributed by atoms with Crippen molar-refractivity contribution in [1.29, 1.82) is 0 Å². The fourth-order valence-electron chi connectivity index (χ4n) is 4.02. The van der Waals surface area contributed by atoms with Crippen LogP contribution in [0.1, 0.15) is 12.5 Å². The zero-order chi connectivity index (χ0) is 21.5. The summed E-state index contributed by atoms with van der Waals surface area (Å²) in [6, 6.07) is 10.4. The Morgan fingerprint density at radius 3 is 2.55 bits per heavy atom. The first-order valence-corrected chi connectivity index (χ1v) is 9.84. The maximum absolute atomic E-state index is 13.9. The highest BCUT2D eigenvalue weighted by Gasteiger charge is 2.24. The number of benzene rings is 2. The molecule has 0 spiro atoms. The average Bonchev–Trinajstić information content (AvgIpc) is 3.42. The summed E-state index contributed by atoms with van der Waals surface area (Å²) < 4.78 is 35.1. The van der Waals surface area contributed by atoms with Crippen LogP contribution in [-0.4, -0.2) is 27.9 Å². The van der Waals surface area contributed by atoms with E-state index in [2.05, 4.69) is 15.5 Å². The van der Waals surface area contributed by atoms with E-state index in [0.717, 1.165) is 42.8 Å². The van der Waals surface area contributed by atoms with Gasteiger partial charge in [-0.1, -0.05) is 18.2 Å². The first-order valence-electron chi connectivity index (χ1n) is 9.84. The lowest BCUT2D eigenvalue weighted by Crippen LogP contribution is -2.18. The molecule has 3 heterocycles. The van der Waals surface area contributed by atoms with Crippen LogP contribution in [0.4, 0.5) is 14.6 Å². The van der Waals surface area contributed by atoms with Crippen LogP contribution < -0.4 is 21.3 Å².